The molecule has 0 fully saturated rings. The fourth-order valence-electron chi connectivity index (χ4n) is 2.02. The molecule has 0 aliphatic rings. The molecule has 3 N–H and O–H groups in total. The Morgan fingerprint density at radius 1 is 1.21 bits per heavy atom. The first-order valence-electron chi connectivity index (χ1n) is 6.09. The maximum atomic E-state index is 11.0. The van der Waals surface area contributed by atoms with Gasteiger partial charge in [-0.25, -0.2) is 0 Å². The van der Waals surface area contributed by atoms with Gasteiger partial charge in [-0.1, -0.05) is 25.1 Å². The molecule has 100 valence electrons. The van der Waals surface area contributed by atoms with Crippen molar-refractivity contribution < 1.29 is 14.6 Å². The largest absolute Gasteiger partial charge is 0.497 e. The van der Waals surface area contributed by atoms with Gasteiger partial charge < -0.3 is 15.6 Å². The first-order valence-corrected chi connectivity index (χ1v) is 6.09. The van der Waals surface area contributed by atoms with Crippen molar-refractivity contribution in [1.29, 1.82) is 0 Å². The predicted octanol–water partition coefficient (Wildman–Crippen LogP) is 2.57. The number of nitrogens with two attached hydrogens (primary N) is 1. The fourth-order valence-corrected chi connectivity index (χ4v) is 2.02. The summed E-state index contributed by atoms with van der Waals surface area (Å²) in [5, 5.41) is 11.1. The number of benzene rings is 2. The van der Waals surface area contributed by atoms with Gasteiger partial charge in [0.05, 0.1) is 13.0 Å². The van der Waals surface area contributed by atoms with Crippen molar-refractivity contribution in [2.45, 2.75) is 13.0 Å². The van der Waals surface area contributed by atoms with Gasteiger partial charge in [0.2, 0.25) is 0 Å². The first kappa shape index (κ1) is 13.4. The zero-order valence-corrected chi connectivity index (χ0v) is 11.0. The van der Waals surface area contributed by atoms with Crippen LogP contribution >= 0.6 is 0 Å². The highest BCUT2D eigenvalue weighted by atomic mass is 16.5. The van der Waals surface area contributed by atoms with Crippen LogP contribution in [0.3, 0.4) is 0 Å². The second-order valence-corrected chi connectivity index (χ2v) is 4.63. The molecular formula is C15H17NO3. The monoisotopic (exact) mass is 259 g/mol. The Kier molecular flexibility index (Phi) is 3.71. The molecule has 0 aliphatic carbocycles. The lowest BCUT2D eigenvalue weighted by atomic mass is 9.93. The van der Waals surface area contributed by atoms with Crippen LogP contribution in [0.2, 0.25) is 0 Å². The minimum Gasteiger partial charge on any atom is -0.497 e. The van der Waals surface area contributed by atoms with E-state index in [-0.39, 0.29) is 0 Å². The molecule has 2 atom stereocenters. The third-order valence-corrected chi connectivity index (χ3v) is 3.38. The van der Waals surface area contributed by atoms with Gasteiger partial charge in [0.1, 0.15) is 5.75 Å². The summed E-state index contributed by atoms with van der Waals surface area (Å²) in [6.45, 7) is 1.62. The lowest BCUT2D eigenvalue weighted by molar-refractivity contribution is -0.141. The summed E-state index contributed by atoms with van der Waals surface area (Å²) in [5.41, 5.74) is 6.81. The SMILES string of the molecule is COc1ccc2cc(C(N)C(C)C(=O)O)ccc2c1. The zero-order valence-electron chi connectivity index (χ0n) is 11.0. The summed E-state index contributed by atoms with van der Waals surface area (Å²) in [4.78, 5) is 11.0. The first-order chi connectivity index (χ1) is 9.02. The number of carbonyl (C=O) groups is 1. The lowest BCUT2D eigenvalue weighted by Gasteiger charge is -2.17. The van der Waals surface area contributed by atoms with Crippen molar-refractivity contribution in [2.75, 3.05) is 7.11 Å². The molecule has 2 aromatic rings. The maximum Gasteiger partial charge on any atom is 0.308 e. The van der Waals surface area contributed by atoms with E-state index in [9.17, 15) is 4.79 Å². The predicted molar refractivity (Wildman–Crippen MR) is 74.2 cm³/mol. The van der Waals surface area contributed by atoms with Gasteiger partial charge >= 0.3 is 5.97 Å². The third-order valence-electron chi connectivity index (χ3n) is 3.38. The van der Waals surface area contributed by atoms with E-state index >= 15 is 0 Å². The Labute approximate surface area is 111 Å². The molecule has 0 bridgehead atoms. The molecule has 0 saturated heterocycles. The third kappa shape index (κ3) is 2.69. The van der Waals surface area contributed by atoms with E-state index in [0.29, 0.717) is 0 Å². The number of fused-ring (bicyclic) bond motifs is 1. The van der Waals surface area contributed by atoms with Crippen molar-refractivity contribution in [1.82, 2.24) is 0 Å². The number of hydrogen-bond donors (Lipinski definition) is 2. The highest BCUT2D eigenvalue weighted by Crippen LogP contribution is 2.26. The highest BCUT2D eigenvalue weighted by molar-refractivity contribution is 5.84. The molecule has 4 nitrogen and oxygen atoms in total. The molecule has 0 aliphatic heterocycles. The summed E-state index contributed by atoms with van der Waals surface area (Å²) in [6.07, 6.45) is 0. The fraction of sp³-hybridized carbons (Fsp3) is 0.267. The summed E-state index contributed by atoms with van der Waals surface area (Å²) in [6, 6.07) is 11.0. The van der Waals surface area contributed by atoms with E-state index in [4.69, 9.17) is 15.6 Å². The normalized spacial score (nSPS) is 14.1. The molecule has 0 heterocycles. The summed E-state index contributed by atoms with van der Waals surface area (Å²) < 4.78 is 5.17. The summed E-state index contributed by atoms with van der Waals surface area (Å²) in [5.74, 6) is -0.707. The smallest absolute Gasteiger partial charge is 0.308 e. The van der Waals surface area contributed by atoms with Crippen LogP contribution < -0.4 is 10.5 Å². The van der Waals surface area contributed by atoms with Crippen molar-refractivity contribution >= 4 is 16.7 Å². The summed E-state index contributed by atoms with van der Waals surface area (Å²) >= 11 is 0. The number of carboxylic acids is 1. The standard InChI is InChI=1S/C15H17NO3/c1-9(15(17)18)14(16)12-4-3-11-8-13(19-2)6-5-10(11)7-12/h3-9,14H,16H2,1-2H3,(H,17,18). The number of hydrogen-bond acceptors (Lipinski definition) is 3. The van der Waals surface area contributed by atoms with E-state index in [1.807, 2.05) is 36.4 Å². The van der Waals surface area contributed by atoms with Gasteiger partial charge in [-0.15, -0.1) is 0 Å². The molecule has 2 rings (SSSR count). The molecule has 2 unspecified atom stereocenters. The van der Waals surface area contributed by atoms with Gasteiger partial charge in [-0.3, -0.25) is 4.79 Å². The molecule has 0 saturated carbocycles. The molecule has 0 aromatic heterocycles. The van der Waals surface area contributed by atoms with Gasteiger partial charge in [0.25, 0.3) is 0 Å². The van der Waals surface area contributed by atoms with Crippen LogP contribution in [0, 0.1) is 5.92 Å². The van der Waals surface area contributed by atoms with Gasteiger partial charge in [-0.05, 0) is 34.5 Å². The van der Waals surface area contributed by atoms with Crippen molar-refractivity contribution in [3.63, 3.8) is 0 Å². The minimum atomic E-state index is -0.887. The van der Waals surface area contributed by atoms with E-state index in [0.717, 1.165) is 22.1 Å². The van der Waals surface area contributed by atoms with Crippen molar-refractivity contribution in [2.24, 2.45) is 11.7 Å². The summed E-state index contributed by atoms with van der Waals surface area (Å²) in [7, 11) is 1.62. The molecular weight excluding hydrogens is 242 g/mol. The minimum absolute atomic E-state index is 0.510. The Bertz CT molecular complexity index is 609. The molecule has 4 heteroatoms. The Hall–Kier alpha value is -2.07. The Morgan fingerprint density at radius 2 is 1.84 bits per heavy atom. The molecule has 0 amide bonds. The second-order valence-electron chi connectivity index (χ2n) is 4.63. The molecule has 0 spiro atoms. The van der Waals surface area contributed by atoms with E-state index in [2.05, 4.69) is 0 Å². The van der Waals surface area contributed by atoms with Crippen molar-refractivity contribution in [3.8, 4) is 5.75 Å². The molecule has 2 aromatic carbocycles. The van der Waals surface area contributed by atoms with Gasteiger partial charge in [0, 0.05) is 6.04 Å². The average molecular weight is 259 g/mol. The number of aliphatic carboxylic acids is 1. The number of rotatable bonds is 4. The number of ether oxygens (including phenoxy) is 1. The van der Waals surface area contributed by atoms with Crippen molar-refractivity contribution in [3.05, 3.63) is 42.0 Å². The molecule has 0 radical (unpaired) electrons. The maximum absolute atomic E-state index is 11.0. The van der Waals surface area contributed by atoms with Crippen LogP contribution in [0.15, 0.2) is 36.4 Å². The van der Waals surface area contributed by atoms with E-state index in [1.54, 1.807) is 14.0 Å². The zero-order chi connectivity index (χ0) is 14.0. The topological polar surface area (TPSA) is 72.5 Å². The Balaban J connectivity index is 2.39. The van der Waals surface area contributed by atoms with Gasteiger partial charge in [-0.2, -0.15) is 0 Å². The molecule has 19 heavy (non-hydrogen) atoms. The van der Waals surface area contributed by atoms with Crippen LogP contribution in [-0.4, -0.2) is 18.2 Å². The second kappa shape index (κ2) is 5.28. The van der Waals surface area contributed by atoms with Gasteiger partial charge in [0.15, 0.2) is 0 Å². The number of methoxy groups -OCH3 is 1. The van der Waals surface area contributed by atoms with Crippen LogP contribution in [0.1, 0.15) is 18.5 Å². The van der Waals surface area contributed by atoms with Crippen LogP contribution in [-0.2, 0) is 4.79 Å². The quantitative estimate of drug-likeness (QED) is 0.885. The van der Waals surface area contributed by atoms with Crippen LogP contribution in [0.25, 0.3) is 10.8 Å². The van der Waals surface area contributed by atoms with E-state index < -0.39 is 17.9 Å². The lowest BCUT2D eigenvalue weighted by Crippen LogP contribution is -2.25. The van der Waals surface area contributed by atoms with Crippen LogP contribution in [0.5, 0.6) is 5.75 Å². The number of carboxylic acid groups (broad SMARTS) is 1. The Morgan fingerprint density at radius 3 is 2.47 bits per heavy atom. The average Bonchev–Trinajstić information content (AvgIpc) is 2.44. The highest BCUT2D eigenvalue weighted by Gasteiger charge is 2.21. The van der Waals surface area contributed by atoms with E-state index in [1.165, 1.54) is 0 Å². The van der Waals surface area contributed by atoms with Crippen LogP contribution in [0.4, 0.5) is 0 Å².